The maximum absolute atomic E-state index is 5.21. The zero-order chi connectivity index (χ0) is 28.2. The molecule has 41 heavy (non-hydrogen) atoms. The lowest BCUT2D eigenvalue weighted by Gasteiger charge is -2.32. The molecule has 1 saturated heterocycles. The van der Waals surface area contributed by atoms with E-state index in [-0.39, 0.29) is 0 Å². The van der Waals surface area contributed by atoms with Gasteiger partial charge < -0.3 is 14.8 Å². The molecule has 0 atom stereocenters. The van der Waals surface area contributed by atoms with Crippen molar-refractivity contribution >= 4 is 22.4 Å². The van der Waals surface area contributed by atoms with Crippen molar-refractivity contribution in [2.45, 2.75) is 40.0 Å². The van der Waals surface area contributed by atoms with Crippen molar-refractivity contribution in [1.82, 2.24) is 19.4 Å². The van der Waals surface area contributed by atoms with Gasteiger partial charge in [0.2, 0.25) is 0 Å². The lowest BCUT2D eigenvalue weighted by Crippen LogP contribution is -2.36. The average molecular weight is 545 g/mol. The molecule has 2 aliphatic heterocycles. The Kier molecular flexibility index (Phi) is 8.10. The van der Waals surface area contributed by atoms with Crippen molar-refractivity contribution in [3.63, 3.8) is 0 Å². The molecule has 3 aliphatic rings. The number of nitrogens with one attached hydrogen (secondary N) is 1. The number of anilines is 2. The second-order valence-corrected chi connectivity index (χ2v) is 11.8. The van der Waals surface area contributed by atoms with Crippen LogP contribution in [0.4, 0.5) is 11.4 Å². The van der Waals surface area contributed by atoms with Crippen molar-refractivity contribution in [2.75, 3.05) is 31.5 Å². The normalized spacial score (nSPS) is 15.3. The lowest BCUT2D eigenvalue weighted by atomic mass is 9.93. The molecule has 1 fully saturated rings. The average Bonchev–Trinajstić information content (AvgIpc) is 2.98. The molecule has 3 heterocycles. The first-order chi connectivity index (χ1) is 20.0. The molecule has 6 heteroatoms. The van der Waals surface area contributed by atoms with Gasteiger partial charge in [0.25, 0.3) is 0 Å². The van der Waals surface area contributed by atoms with Crippen LogP contribution in [-0.2, 0) is 0 Å². The number of fused-ring (bicyclic) bond motifs is 2. The minimum Gasteiger partial charge on any atom is -0.352 e. The monoisotopic (exact) mass is 544 g/mol. The highest BCUT2D eigenvalue weighted by Gasteiger charge is 2.20. The third-order valence-corrected chi connectivity index (χ3v) is 8.05. The van der Waals surface area contributed by atoms with Gasteiger partial charge in [-0.1, -0.05) is 38.1 Å². The minimum absolute atomic E-state index is 0.731. The summed E-state index contributed by atoms with van der Waals surface area (Å²) in [6.45, 7) is 11.2. The Morgan fingerprint density at radius 1 is 0.976 bits per heavy atom. The van der Waals surface area contributed by atoms with E-state index < -0.39 is 0 Å². The number of hydrogen-bond acceptors (Lipinski definition) is 5. The van der Waals surface area contributed by atoms with Gasteiger partial charge in [-0.2, -0.15) is 0 Å². The number of para-hydroxylation sites is 1. The summed E-state index contributed by atoms with van der Waals surface area (Å²) in [5.74, 6) is 1.47. The van der Waals surface area contributed by atoms with E-state index >= 15 is 0 Å². The number of piperidine rings is 1. The molecule has 3 aromatic rings. The molecule has 2 aromatic carbocycles. The number of aryl methyl sites for hydroxylation is 1. The topological polar surface area (TPSA) is 58.3 Å². The number of benzene rings is 3. The van der Waals surface area contributed by atoms with Crippen molar-refractivity contribution in [3.8, 4) is 17.1 Å². The fourth-order valence-corrected chi connectivity index (χ4v) is 6.02. The third-order valence-electron chi connectivity index (χ3n) is 8.05. The van der Waals surface area contributed by atoms with E-state index in [4.69, 9.17) is 9.98 Å². The van der Waals surface area contributed by atoms with Crippen LogP contribution in [0.3, 0.4) is 0 Å². The largest absolute Gasteiger partial charge is 0.352 e. The van der Waals surface area contributed by atoms with Gasteiger partial charge in [-0.3, -0.25) is 9.98 Å². The van der Waals surface area contributed by atoms with Gasteiger partial charge >= 0.3 is 0 Å². The summed E-state index contributed by atoms with van der Waals surface area (Å²) in [5, 5.41) is 4.54. The van der Waals surface area contributed by atoms with E-state index in [9.17, 15) is 0 Å². The Morgan fingerprint density at radius 3 is 2.56 bits per heavy atom. The number of pyridine rings is 1. The van der Waals surface area contributed by atoms with Crippen LogP contribution < -0.4 is 10.7 Å². The highest BCUT2D eigenvalue weighted by molar-refractivity contribution is 5.84. The van der Waals surface area contributed by atoms with Gasteiger partial charge in [-0.25, -0.2) is 4.98 Å². The molecule has 6 nitrogen and oxygen atoms in total. The van der Waals surface area contributed by atoms with Crippen LogP contribution >= 0.6 is 0 Å². The van der Waals surface area contributed by atoms with Gasteiger partial charge in [-0.05, 0) is 105 Å². The summed E-state index contributed by atoms with van der Waals surface area (Å²) in [7, 11) is 0. The Labute approximate surface area is 243 Å². The first-order valence-electron chi connectivity index (χ1n) is 15.0. The third kappa shape index (κ3) is 6.33. The highest BCUT2D eigenvalue weighted by Crippen LogP contribution is 2.31. The van der Waals surface area contributed by atoms with Gasteiger partial charge in [0, 0.05) is 25.0 Å². The van der Waals surface area contributed by atoms with Crippen LogP contribution in [0.2, 0.25) is 0 Å². The van der Waals surface area contributed by atoms with Crippen molar-refractivity contribution in [3.05, 3.63) is 96.1 Å². The van der Waals surface area contributed by atoms with Crippen molar-refractivity contribution in [1.29, 1.82) is 0 Å². The molecule has 0 amide bonds. The molecule has 1 aromatic heterocycles. The lowest BCUT2D eigenvalue weighted by molar-refractivity contribution is 0.164. The number of nitrogens with zero attached hydrogens (tertiary/aromatic N) is 5. The molecular formula is C35H40N6. The summed E-state index contributed by atoms with van der Waals surface area (Å²) < 4.78 is 2.32. The van der Waals surface area contributed by atoms with Gasteiger partial charge in [-0.15, -0.1) is 0 Å². The maximum atomic E-state index is 5.21. The minimum atomic E-state index is 0.731. The van der Waals surface area contributed by atoms with E-state index in [0.717, 1.165) is 69.6 Å². The highest BCUT2D eigenvalue weighted by atomic mass is 15.1. The van der Waals surface area contributed by atoms with E-state index in [1.165, 1.54) is 38.0 Å². The Hall–Kier alpha value is -4.03. The van der Waals surface area contributed by atoms with Crippen molar-refractivity contribution in [2.24, 2.45) is 16.8 Å². The summed E-state index contributed by atoms with van der Waals surface area (Å²) in [5.41, 5.74) is 8.25. The first-order valence-corrected chi connectivity index (χ1v) is 15.0. The Balaban J connectivity index is 1.40. The fourth-order valence-electron chi connectivity index (χ4n) is 6.02. The molecule has 0 radical (unpaired) electrons. The van der Waals surface area contributed by atoms with Crippen LogP contribution in [0, 0.1) is 18.8 Å². The number of aromatic nitrogens is 3. The molecule has 0 bridgehead atoms. The summed E-state index contributed by atoms with van der Waals surface area (Å²) in [6, 6.07) is 25.4. The van der Waals surface area contributed by atoms with Crippen LogP contribution in [0.1, 0.15) is 38.7 Å². The van der Waals surface area contributed by atoms with Gasteiger partial charge in [0.1, 0.15) is 0 Å². The standard InChI is InChI=1S/C35H40N6/c1-25(2)24-40-18-14-27(15-19-40)13-17-37-31-22-35-33(21-32(31)38-28-8-7-16-36-23-28)39-30-12-11-26(3)20-34(30)41(35)29-9-5-4-6-10-29/h4-12,16,20-23,25,27,38H,13-15,17-19,24H2,1-3H3. The first kappa shape index (κ1) is 27.2. The van der Waals surface area contributed by atoms with E-state index in [1.807, 2.05) is 18.3 Å². The van der Waals surface area contributed by atoms with E-state index in [0.29, 0.717) is 0 Å². The number of hydrogen-bond donors (Lipinski definition) is 1. The second-order valence-electron chi connectivity index (χ2n) is 11.8. The molecule has 0 spiro atoms. The predicted molar refractivity (Wildman–Crippen MR) is 169 cm³/mol. The summed E-state index contributed by atoms with van der Waals surface area (Å²) in [4.78, 5) is 17.2. The van der Waals surface area contributed by atoms with Gasteiger partial charge in [0.15, 0.2) is 0 Å². The molecule has 210 valence electrons. The predicted octanol–water partition coefficient (Wildman–Crippen LogP) is 7.24. The molecule has 0 unspecified atom stereocenters. The quantitative estimate of drug-likeness (QED) is 0.209. The van der Waals surface area contributed by atoms with Crippen LogP contribution in [0.25, 0.3) is 28.1 Å². The van der Waals surface area contributed by atoms with Crippen LogP contribution in [-0.4, -0.2) is 45.6 Å². The number of likely N-dealkylation sites (tertiary alicyclic amines) is 1. The molecule has 6 rings (SSSR count). The molecule has 0 saturated carbocycles. The van der Waals surface area contributed by atoms with Crippen molar-refractivity contribution < 1.29 is 0 Å². The van der Waals surface area contributed by atoms with E-state index in [1.54, 1.807) is 6.20 Å². The SMILES string of the molecule is Cc1ccc2nc3cc(Nc4cccnc4)c(=NCCC4CCN(CC(C)C)CC4)cc-3n(-c3ccccc3)c2c1. The molecular weight excluding hydrogens is 504 g/mol. The van der Waals surface area contributed by atoms with Crippen LogP contribution in [0.15, 0.2) is 90.2 Å². The fraction of sp³-hybridized carbons (Fsp3) is 0.343. The Morgan fingerprint density at radius 2 is 1.80 bits per heavy atom. The van der Waals surface area contributed by atoms with Gasteiger partial charge in [0.05, 0.1) is 45.4 Å². The second kappa shape index (κ2) is 12.2. The number of rotatable bonds is 8. The van der Waals surface area contributed by atoms with Crippen LogP contribution in [0.5, 0.6) is 0 Å². The van der Waals surface area contributed by atoms with E-state index in [2.05, 4.69) is 101 Å². The summed E-state index contributed by atoms with van der Waals surface area (Å²) >= 11 is 0. The maximum Gasteiger partial charge on any atom is 0.0900 e. The zero-order valence-electron chi connectivity index (χ0n) is 24.4. The summed E-state index contributed by atoms with van der Waals surface area (Å²) in [6.07, 6.45) is 7.29. The Bertz CT molecular complexity index is 1630. The molecule has 1 N–H and O–H groups in total. The zero-order valence-corrected chi connectivity index (χ0v) is 24.4. The molecule has 1 aliphatic carbocycles. The smallest absolute Gasteiger partial charge is 0.0900 e.